The van der Waals surface area contributed by atoms with Gasteiger partial charge in [-0.15, -0.1) is 11.8 Å². The number of nitrogens with one attached hydrogen (secondary N) is 2. The van der Waals surface area contributed by atoms with Crippen LogP contribution in [0.3, 0.4) is 0 Å². The van der Waals surface area contributed by atoms with E-state index in [4.69, 9.17) is 17.3 Å². The summed E-state index contributed by atoms with van der Waals surface area (Å²) >= 11 is 7.55. The van der Waals surface area contributed by atoms with Gasteiger partial charge in [-0.3, -0.25) is 14.4 Å². The first-order valence-corrected chi connectivity index (χ1v) is 9.90. The van der Waals surface area contributed by atoms with E-state index in [0.717, 1.165) is 29.0 Å². The molecular formula is C19H20ClN3O3S. The Bertz CT molecular complexity index is 944. The molecule has 2 amide bonds. The van der Waals surface area contributed by atoms with Crippen molar-refractivity contribution < 1.29 is 9.59 Å². The average Bonchev–Trinajstić information content (AvgIpc) is 2.63. The maximum atomic E-state index is 12.7. The molecule has 1 aromatic heterocycles. The minimum absolute atomic E-state index is 0.0895. The van der Waals surface area contributed by atoms with Gasteiger partial charge in [-0.1, -0.05) is 23.7 Å². The highest BCUT2D eigenvalue weighted by Gasteiger charge is 2.26. The quantitative estimate of drug-likeness (QED) is 0.665. The fraction of sp³-hybridized carbons (Fsp3) is 0.316. The number of amides is 2. The van der Waals surface area contributed by atoms with Crippen molar-refractivity contribution in [3.05, 3.63) is 62.5 Å². The lowest BCUT2D eigenvalue weighted by Crippen LogP contribution is -2.37. The molecule has 0 aliphatic heterocycles. The molecular weight excluding hydrogens is 386 g/mol. The van der Waals surface area contributed by atoms with E-state index < -0.39 is 11.5 Å². The van der Waals surface area contributed by atoms with E-state index in [1.165, 1.54) is 17.8 Å². The van der Waals surface area contributed by atoms with E-state index in [0.29, 0.717) is 11.4 Å². The fourth-order valence-corrected chi connectivity index (χ4v) is 4.31. The maximum absolute atomic E-state index is 12.7. The van der Waals surface area contributed by atoms with Crippen molar-refractivity contribution in [3.8, 4) is 0 Å². The molecule has 0 bridgehead atoms. The molecule has 4 N–H and O–H groups in total. The highest BCUT2D eigenvalue weighted by Crippen LogP contribution is 2.32. The Kier molecular flexibility index (Phi) is 5.92. The summed E-state index contributed by atoms with van der Waals surface area (Å²) in [6, 6.07) is 8.60. The van der Waals surface area contributed by atoms with Crippen LogP contribution in [0.5, 0.6) is 0 Å². The number of H-pyrrole nitrogens is 1. The minimum Gasteiger partial charge on any atom is -0.365 e. The van der Waals surface area contributed by atoms with Gasteiger partial charge in [-0.2, -0.15) is 0 Å². The van der Waals surface area contributed by atoms with Crippen LogP contribution >= 0.6 is 23.4 Å². The lowest BCUT2D eigenvalue weighted by molar-refractivity contribution is -0.121. The SMILES string of the molecule is CC(Sc1ccccc1Cl)C(=O)NC1CCCc2[nH]c(=O)c(C(N)=O)cc21. The number of pyridine rings is 1. The number of thioether (sulfide) groups is 1. The summed E-state index contributed by atoms with van der Waals surface area (Å²) in [5.41, 5.74) is 6.19. The zero-order chi connectivity index (χ0) is 19.6. The minimum atomic E-state index is -0.780. The maximum Gasteiger partial charge on any atom is 0.261 e. The van der Waals surface area contributed by atoms with Crippen LogP contribution in [-0.2, 0) is 11.2 Å². The van der Waals surface area contributed by atoms with Gasteiger partial charge in [0.2, 0.25) is 5.91 Å². The Morgan fingerprint density at radius 3 is 2.81 bits per heavy atom. The van der Waals surface area contributed by atoms with E-state index in [2.05, 4.69) is 10.3 Å². The Hall–Kier alpha value is -2.25. The molecule has 2 unspecified atom stereocenters. The molecule has 0 spiro atoms. The number of benzene rings is 1. The molecule has 1 aliphatic rings. The first-order valence-electron chi connectivity index (χ1n) is 8.64. The predicted molar refractivity (Wildman–Crippen MR) is 106 cm³/mol. The van der Waals surface area contributed by atoms with Crippen LogP contribution in [0.25, 0.3) is 0 Å². The molecule has 0 fully saturated rings. The molecule has 1 aliphatic carbocycles. The Labute approximate surface area is 165 Å². The molecule has 8 heteroatoms. The van der Waals surface area contributed by atoms with Gasteiger partial charge < -0.3 is 16.0 Å². The van der Waals surface area contributed by atoms with Crippen LogP contribution in [-0.4, -0.2) is 22.0 Å². The van der Waals surface area contributed by atoms with E-state index in [1.54, 1.807) is 6.07 Å². The van der Waals surface area contributed by atoms with Crippen molar-refractivity contribution in [1.29, 1.82) is 0 Å². The second kappa shape index (κ2) is 8.19. The van der Waals surface area contributed by atoms with Crippen LogP contribution in [0.15, 0.2) is 40.0 Å². The fourth-order valence-electron chi connectivity index (χ4n) is 3.15. The number of aromatic nitrogens is 1. The number of carbonyl (C=O) groups excluding carboxylic acids is 2. The third-order valence-corrected chi connectivity index (χ3v) is 6.16. The Morgan fingerprint density at radius 2 is 2.11 bits per heavy atom. The smallest absolute Gasteiger partial charge is 0.261 e. The summed E-state index contributed by atoms with van der Waals surface area (Å²) in [5, 5.41) is 3.28. The van der Waals surface area contributed by atoms with E-state index in [1.807, 2.05) is 25.1 Å². The molecule has 0 saturated heterocycles. The van der Waals surface area contributed by atoms with Crippen LogP contribution in [0.2, 0.25) is 5.02 Å². The molecule has 1 heterocycles. The monoisotopic (exact) mass is 405 g/mol. The Balaban J connectivity index is 1.78. The molecule has 6 nitrogen and oxygen atoms in total. The zero-order valence-electron chi connectivity index (χ0n) is 14.8. The van der Waals surface area contributed by atoms with Gasteiger partial charge in [0.05, 0.1) is 16.3 Å². The largest absolute Gasteiger partial charge is 0.365 e. The summed E-state index contributed by atoms with van der Waals surface area (Å²) in [4.78, 5) is 39.7. The van der Waals surface area contributed by atoms with Crippen LogP contribution in [0.1, 0.15) is 47.4 Å². The molecule has 27 heavy (non-hydrogen) atoms. The number of aromatic amines is 1. The second-order valence-electron chi connectivity index (χ2n) is 6.45. The number of fused-ring (bicyclic) bond motifs is 1. The number of hydrogen-bond donors (Lipinski definition) is 3. The van der Waals surface area contributed by atoms with Gasteiger partial charge in [-0.25, -0.2) is 0 Å². The van der Waals surface area contributed by atoms with E-state index in [-0.39, 0.29) is 22.8 Å². The van der Waals surface area contributed by atoms with Gasteiger partial charge in [0.15, 0.2) is 0 Å². The van der Waals surface area contributed by atoms with E-state index >= 15 is 0 Å². The Morgan fingerprint density at radius 1 is 1.37 bits per heavy atom. The summed E-state index contributed by atoms with van der Waals surface area (Å²) in [5.74, 6) is -0.915. The van der Waals surface area contributed by atoms with Crippen molar-refractivity contribution in [3.63, 3.8) is 0 Å². The highest BCUT2D eigenvalue weighted by molar-refractivity contribution is 8.00. The van der Waals surface area contributed by atoms with Crippen molar-refractivity contribution in [2.45, 2.75) is 42.4 Å². The van der Waals surface area contributed by atoms with Crippen molar-refractivity contribution in [2.24, 2.45) is 5.73 Å². The molecule has 2 atom stereocenters. The second-order valence-corrected chi connectivity index (χ2v) is 8.24. The van der Waals surface area contributed by atoms with Gasteiger partial charge in [0, 0.05) is 10.6 Å². The third kappa shape index (κ3) is 4.36. The van der Waals surface area contributed by atoms with Gasteiger partial charge in [-0.05, 0) is 49.9 Å². The molecule has 2 aromatic rings. The summed E-state index contributed by atoms with van der Waals surface area (Å²) in [7, 11) is 0. The summed E-state index contributed by atoms with van der Waals surface area (Å²) in [6.45, 7) is 1.81. The number of primary amides is 1. The number of carbonyl (C=O) groups is 2. The summed E-state index contributed by atoms with van der Waals surface area (Å²) < 4.78 is 0. The van der Waals surface area contributed by atoms with E-state index in [9.17, 15) is 14.4 Å². The van der Waals surface area contributed by atoms with Crippen molar-refractivity contribution in [1.82, 2.24) is 10.3 Å². The van der Waals surface area contributed by atoms with Crippen LogP contribution < -0.4 is 16.6 Å². The van der Waals surface area contributed by atoms with Gasteiger partial charge >= 0.3 is 0 Å². The highest BCUT2D eigenvalue weighted by atomic mass is 35.5. The van der Waals surface area contributed by atoms with Crippen molar-refractivity contribution in [2.75, 3.05) is 0 Å². The van der Waals surface area contributed by atoms with Crippen LogP contribution in [0.4, 0.5) is 0 Å². The number of aryl methyl sites for hydroxylation is 1. The zero-order valence-corrected chi connectivity index (χ0v) is 16.3. The average molecular weight is 406 g/mol. The first-order chi connectivity index (χ1) is 12.9. The number of halogens is 1. The first kappa shape index (κ1) is 19.5. The normalized spacial score (nSPS) is 17.0. The molecule has 142 valence electrons. The third-order valence-electron chi connectivity index (χ3n) is 4.54. The van der Waals surface area contributed by atoms with Crippen LogP contribution in [0, 0.1) is 0 Å². The predicted octanol–water partition coefficient (Wildman–Crippen LogP) is 2.80. The van der Waals surface area contributed by atoms with Gasteiger partial charge in [0.1, 0.15) is 5.56 Å². The molecule has 0 saturated carbocycles. The molecule has 0 radical (unpaired) electrons. The molecule has 1 aromatic carbocycles. The lowest BCUT2D eigenvalue weighted by Gasteiger charge is -2.27. The topological polar surface area (TPSA) is 105 Å². The summed E-state index contributed by atoms with van der Waals surface area (Å²) in [6.07, 6.45) is 2.25. The lowest BCUT2D eigenvalue weighted by atomic mass is 9.90. The molecule has 3 rings (SSSR count). The standard InChI is InChI=1S/C19H20ClN3O3S/c1-10(27-16-8-3-2-5-13(16)20)18(25)22-14-6-4-7-15-11(14)9-12(17(21)24)19(26)23-15/h2-3,5,8-10,14H,4,6-7H2,1H3,(H2,21,24)(H,22,25)(H,23,26). The number of rotatable bonds is 5. The van der Waals surface area contributed by atoms with Gasteiger partial charge in [0.25, 0.3) is 11.5 Å². The number of nitrogens with two attached hydrogens (primary N) is 1. The van der Waals surface area contributed by atoms with Crippen molar-refractivity contribution >= 4 is 35.2 Å². The number of hydrogen-bond acceptors (Lipinski definition) is 4.